The standard InChI is InChI=1S/C7H13F3O2S/c1-6(13(11)12)4-2-3-5-7(8,9)10/h6H,2-5H2,1H3,(H,11,12)/p-1. The topological polar surface area (TPSA) is 40.1 Å². The summed E-state index contributed by atoms with van der Waals surface area (Å²) in [6, 6.07) is 0. The van der Waals surface area contributed by atoms with Crippen LogP contribution in [-0.4, -0.2) is 20.2 Å². The fraction of sp³-hybridized carbons (Fsp3) is 1.00. The van der Waals surface area contributed by atoms with E-state index in [0.717, 1.165) is 0 Å². The van der Waals surface area contributed by atoms with Gasteiger partial charge in [0.1, 0.15) is 0 Å². The average molecular weight is 217 g/mol. The Balaban J connectivity index is 3.41. The summed E-state index contributed by atoms with van der Waals surface area (Å²) in [5, 5.41) is -0.548. The quantitative estimate of drug-likeness (QED) is 0.524. The summed E-state index contributed by atoms with van der Waals surface area (Å²) in [7, 11) is 0. The summed E-state index contributed by atoms with van der Waals surface area (Å²) in [4.78, 5) is 0. The molecule has 0 heterocycles. The molecule has 0 bridgehead atoms. The molecule has 0 amide bonds. The Labute approximate surface area is 77.8 Å². The smallest absolute Gasteiger partial charge is 0.389 e. The molecule has 0 spiro atoms. The highest BCUT2D eigenvalue weighted by Crippen LogP contribution is 2.23. The molecule has 0 N–H and O–H groups in total. The van der Waals surface area contributed by atoms with Gasteiger partial charge in [-0.25, -0.2) is 0 Å². The molecule has 0 saturated heterocycles. The highest BCUT2D eigenvalue weighted by atomic mass is 32.2. The predicted octanol–water partition coefficient (Wildman–Crippen LogP) is 2.38. The average Bonchev–Trinajstić information content (AvgIpc) is 1.95. The van der Waals surface area contributed by atoms with Crippen LogP contribution < -0.4 is 0 Å². The van der Waals surface area contributed by atoms with Crippen LogP contribution in [0, 0.1) is 0 Å². The van der Waals surface area contributed by atoms with Gasteiger partial charge in [0.15, 0.2) is 0 Å². The van der Waals surface area contributed by atoms with Crippen LogP contribution in [0.15, 0.2) is 0 Å². The molecule has 0 aromatic heterocycles. The summed E-state index contributed by atoms with van der Waals surface area (Å²) in [5.74, 6) is 0. The number of hydrogen-bond acceptors (Lipinski definition) is 2. The normalized spacial score (nSPS) is 17.0. The number of hydrogen-bond donors (Lipinski definition) is 0. The monoisotopic (exact) mass is 217 g/mol. The highest BCUT2D eigenvalue weighted by Gasteiger charge is 2.25. The fourth-order valence-electron chi connectivity index (χ4n) is 0.853. The van der Waals surface area contributed by atoms with E-state index in [4.69, 9.17) is 0 Å². The van der Waals surface area contributed by atoms with Gasteiger partial charge < -0.3 is 4.55 Å². The minimum atomic E-state index is -4.13. The van der Waals surface area contributed by atoms with E-state index in [1.54, 1.807) is 0 Å². The van der Waals surface area contributed by atoms with E-state index in [9.17, 15) is 21.9 Å². The number of rotatable bonds is 5. The van der Waals surface area contributed by atoms with Crippen molar-refractivity contribution in [3.05, 3.63) is 0 Å². The Kier molecular flexibility index (Phi) is 5.55. The van der Waals surface area contributed by atoms with Crippen LogP contribution in [0.5, 0.6) is 0 Å². The van der Waals surface area contributed by atoms with Gasteiger partial charge in [-0.15, -0.1) is 0 Å². The van der Waals surface area contributed by atoms with Gasteiger partial charge in [-0.1, -0.05) is 24.4 Å². The van der Waals surface area contributed by atoms with Gasteiger partial charge in [-0.3, -0.25) is 4.21 Å². The van der Waals surface area contributed by atoms with E-state index in [1.807, 2.05) is 0 Å². The van der Waals surface area contributed by atoms with Crippen molar-refractivity contribution >= 4 is 11.1 Å². The maximum absolute atomic E-state index is 11.6. The third kappa shape index (κ3) is 8.24. The van der Waals surface area contributed by atoms with Crippen molar-refractivity contribution in [2.75, 3.05) is 0 Å². The van der Waals surface area contributed by atoms with Crippen molar-refractivity contribution in [2.45, 2.75) is 44.0 Å². The molecule has 2 unspecified atom stereocenters. The minimum Gasteiger partial charge on any atom is -0.772 e. The fourth-order valence-corrected chi connectivity index (χ4v) is 1.21. The van der Waals surface area contributed by atoms with E-state index in [2.05, 4.69) is 0 Å². The number of unbranched alkanes of at least 4 members (excludes halogenated alkanes) is 1. The minimum absolute atomic E-state index is 0.00500. The molecule has 0 saturated carbocycles. The molecular formula is C7H12F3O2S-. The molecule has 13 heavy (non-hydrogen) atoms. The zero-order valence-corrected chi connectivity index (χ0v) is 8.08. The van der Waals surface area contributed by atoms with Gasteiger partial charge in [-0.05, 0) is 12.8 Å². The Hall–Kier alpha value is -0.100. The van der Waals surface area contributed by atoms with Crippen LogP contribution in [0.25, 0.3) is 0 Å². The van der Waals surface area contributed by atoms with Crippen molar-refractivity contribution in [2.24, 2.45) is 0 Å². The Morgan fingerprint density at radius 1 is 1.38 bits per heavy atom. The molecule has 6 heteroatoms. The van der Waals surface area contributed by atoms with Gasteiger partial charge >= 0.3 is 6.18 Å². The lowest BCUT2D eigenvalue weighted by atomic mass is 10.1. The first-order valence-electron chi connectivity index (χ1n) is 3.98. The van der Waals surface area contributed by atoms with Crippen molar-refractivity contribution in [1.82, 2.24) is 0 Å². The molecule has 0 rings (SSSR count). The van der Waals surface area contributed by atoms with Gasteiger partial charge in [0.25, 0.3) is 0 Å². The van der Waals surface area contributed by atoms with Crippen LogP contribution in [0.1, 0.15) is 32.6 Å². The summed E-state index contributed by atoms with van der Waals surface area (Å²) in [6.07, 6.45) is -4.35. The third-order valence-corrected chi connectivity index (χ3v) is 2.54. The molecule has 0 aromatic rings. The SMILES string of the molecule is CC(CCCCC(F)(F)F)S(=O)[O-]. The second-order valence-corrected chi connectivity index (χ2v) is 4.26. The first kappa shape index (κ1) is 12.9. The lowest BCUT2D eigenvalue weighted by Gasteiger charge is -2.14. The zero-order chi connectivity index (χ0) is 10.5. The van der Waals surface area contributed by atoms with Crippen LogP contribution >= 0.6 is 0 Å². The lowest BCUT2D eigenvalue weighted by molar-refractivity contribution is -0.135. The van der Waals surface area contributed by atoms with Crippen molar-refractivity contribution < 1.29 is 21.9 Å². The molecule has 80 valence electrons. The van der Waals surface area contributed by atoms with Crippen molar-refractivity contribution in [3.63, 3.8) is 0 Å². The molecule has 0 aliphatic rings. The molecule has 0 radical (unpaired) electrons. The summed E-state index contributed by atoms with van der Waals surface area (Å²) < 4.78 is 55.4. The number of halogens is 3. The molecular weight excluding hydrogens is 205 g/mol. The molecule has 2 nitrogen and oxygen atoms in total. The molecule has 0 aliphatic heterocycles. The summed E-state index contributed by atoms with van der Waals surface area (Å²) in [5.41, 5.74) is 0. The van der Waals surface area contributed by atoms with E-state index >= 15 is 0 Å². The van der Waals surface area contributed by atoms with Crippen molar-refractivity contribution in [3.8, 4) is 0 Å². The van der Waals surface area contributed by atoms with Crippen LogP contribution in [0.4, 0.5) is 13.2 Å². The maximum atomic E-state index is 11.6. The van der Waals surface area contributed by atoms with Crippen LogP contribution in [-0.2, 0) is 11.1 Å². The van der Waals surface area contributed by atoms with E-state index in [-0.39, 0.29) is 6.42 Å². The Morgan fingerprint density at radius 3 is 2.31 bits per heavy atom. The number of alkyl halides is 3. The largest absolute Gasteiger partial charge is 0.772 e. The van der Waals surface area contributed by atoms with Crippen LogP contribution in [0.3, 0.4) is 0 Å². The van der Waals surface area contributed by atoms with Crippen molar-refractivity contribution in [1.29, 1.82) is 0 Å². The third-order valence-electron chi connectivity index (χ3n) is 1.65. The second-order valence-electron chi connectivity index (χ2n) is 2.93. The predicted molar refractivity (Wildman–Crippen MR) is 42.9 cm³/mol. The van der Waals surface area contributed by atoms with E-state index < -0.39 is 28.9 Å². The Bertz CT molecular complexity index is 170. The van der Waals surface area contributed by atoms with E-state index in [0.29, 0.717) is 12.8 Å². The summed E-state index contributed by atoms with van der Waals surface area (Å²) in [6.45, 7) is 1.48. The first-order valence-corrected chi connectivity index (χ1v) is 5.11. The van der Waals surface area contributed by atoms with Crippen LogP contribution in [0.2, 0.25) is 0 Å². The highest BCUT2D eigenvalue weighted by molar-refractivity contribution is 7.79. The molecule has 0 aliphatic carbocycles. The van der Waals surface area contributed by atoms with Gasteiger partial charge in [-0.2, -0.15) is 13.2 Å². The Morgan fingerprint density at radius 2 is 1.92 bits per heavy atom. The van der Waals surface area contributed by atoms with Gasteiger partial charge in [0, 0.05) is 11.7 Å². The van der Waals surface area contributed by atoms with Gasteiger partial charge in [0.2, 0.25) is 0 Å². The molecule has 2 atom stereocenters. The maximum Gasteiger partial charge on any atom is 0.389 e. The lowest BCUT2D eigenvalue weighted by Crippen LogP contribution is -2.11. The van der Waals surface area contributed by atoms with Gasteiger partial charge in [0.05, 0.1) is 0 Å². The molecule has 0 fully saturated rings. The molecule has 0 aromatic carbocycles. The summed E-state index contributed by atoms with van der Waals surface area (Å²) >= 11 is -2.17. The second kappa shape index (κ2) is 5.59. The first-order chi connectivity index (χ1) is 5.83. The zero-order valence-electron chi connectivity index (χ0n) is 7.26. The van der Waals surface area contributed by atoms with E-state index in [1.165, 1.54) is 6.92 Å².